The molecule has 4 aromatic rings. The molecule has 0 fully saturated rings. The Bertz CT molecular complexity index is 1340. The number of rotatable bonds is 9. The van der Waals surface area contributed by atoms with E-state index in [-0.39, 0.29) is 24.3 Å². The Hall–Kier alpha value is -3.77. The lowest BCUT2D eigenvalue weighted by Crippen LogP contribution is -2.29. The van der Waals surface area contributed by atoms with Crippen LogP contribution in [0.5, 0.6) is 0 Å². The zero-order valence-corrected chi connectivity index (χ0v) is 21.0. The standard InChI is InChI=1S/C30H31FN2O3/c1-19-10-15-25-26(16-19)33-29(32-21(3)30(34)36-18-22-8-6-5-7-9-22)27(20(2)17-35-4)28(25)23-11-13-24(31)14-12-23/h5-16,20-21H,17-18H2,1-4H3,(H,32,33)/t20?,21-/m0/s1. The molecule has 1 unspecified atom stereocenters. The molecule has 0 amide bonds. The van der Waals surface area contributed by atoms with Gasteiger partial charge in [0.05, 0.1) is 12.1 Å². The quantitative estimate of drug-likeness (QED) is 0.269. The molecule has 1 aromatic heterocycles. The van der Waals surface area contributed by atoms with Crippen molar-refractivity contribution in [3.8, 4) is 11.1 Å². The van der Waals surface area contributed by atoms with E-state index >= 15 is 0 Å². The summed E-state index contributed by atoms with van der Waals surface area (Å²) < 4.78 is 24.8. The molecule has 36 heavy (non-hydrogen) atoms. The van der Waals surface area contributed by atoms with E-state index in [1.165, 1.54) is 12.1 Å². The topological polar surface area (TPSA) is 60.5 Å². The monoisotopic (exact) mass is 486 g/mol. The van der Waals surface area contributed by atoms with Gasteiger partial charge in [-0.2, -0.15) is 0 Å². The number of carbonyl (C=O) groups excluding carboxylic acids is 1. The van der Waals surface area contributed by atoms with E-state index in [2.05, 4.69) is 12.2 Å². The lowest BCUT2D eigenvalue weighted by Gasteiger charge is -2.24. The molecule has 0 saturated heterocycles. The third-order valence-corrected chi connectivity index (χ3v) is 6.15. The van der Waals surface area contributed by atoms with Gasteiger partial charge in [0.1, 0.15) is 24.3 Å². The molecule has 0 spiro atoms. The molecular weight excluding hydrogens is 455 g/mol. The van der Waals surface area contributed by atoms with Crippen LogP contribution in [-0.2, 0) is 20.9 Å². The number of ether oxygens (including phenoxy) is 2. The van der Waals surface area contributed by atoms with E-state index in [0.717, 1.165) is 38.7 Å². The van der Waals surface area contributed by atoms with Crippen LogP contribution < -0.4 is 5.32 Å². The second-order valence-corrected chi connectivity index (χ2v) is 9.09. The number of esters is 1. The minimum atomic E-state index is -0.641. The third kappa shape index (κ3) is 5.71. The van der Waals surface area contributed by atoms with Crippen molar-refractivity contribution >= 4 is 22.7 Å². The fourth-order valence-electron chi connectivity index (χ4n) is 4.36. The van der Waals surface area contributed by atoms with Crippen molar-refractivity contribution in [3.05, 3.63) is 95.3 Å². The Balaban J connectivity index is 1.77. The Labute approximate surface area is 211 Å². The van der Waals surface area contributed by atoms with Crippen LogP contribution in [0.3, 0.4) is 0 Å². The van der Waals surface area contributed by atoms with E-state index in [1.54, 1.807) is 26.2 Å². The maximum atomic E-state index is 13.8. The summed E-state index contributed by atoms with van der Waals surface area (Å²) in [5.41, 5.74) is 5.49. The molecule has 3 aromatic carbocycles. The van der Waals surface area contributed by atoms with Crippen molar-refractivity contribution in [2.24, 2.45) is 0 Å². The average Bonchev–Trinajstić information content (AvgIpc) is 2.87. The van der Waals surface area contributed by atoms with Crippen molar-refractivity contribution in [1.82, 2.24) is 4.98 Å². The predicted octanol–water partition coefficient (Wildman–Crippen LogP) is 6.64. The highest BCUT2D eigenvalue weighted by Crippen LogP contribution is 2.40. The third-order valence-electron chi connectivity index (χ3n) is 6.15. The molecule has 0 aliphatic carbocycles. The number of hydrogen-bond acceptors (Lipinski definition) is 5. The number of nitrogens with one attached hydrogen (secondary N) is 1. The first-order valence-corrected chi connectivity index (χ1v) is 12.0. The van der Waals surface area contributed by atoms with Gasteiger partial charge in [0.25, 0.3) is 0 Å². The normalized spacial score (nSPS) is 12.8. The van der Waals surface area contributed by atoms with E-state index in [0.29, 0.717) is 12.4 Å². The van der Waals surface area contributed by atoms with Crippen LogP contribution in [0.15, 0.2) is 72.8 Å². The van der Waals surface area contributed by atoms with Crippen LogP contribution in [0.1, 0.15) is 36.5 Å². The number of hydrogen-bond donors (Lipinski definition) is 1. The van der Waals surface area contributed by atoms with Gasteiger partial charge in [-0.05, 0) is 54.3 Å². The maximum Gasteiger partial charge on any atom is 0.328 e. The maximum absolute atomic E-state index is 13.8. The first kappa shape index (κ1) is 25.3. The Morgan fingerprint density at radius 1 is 1.03 bits per heavy atom. The van der Waals surface area contributed by atoms with E-state index in [1.807, 2.05) is 55.5 Å². The number of methoxy groups -OCH3 is 1. The number of aromatic nitrogens is 1. The van der Waals surface area contributed by atoms with Crippen LogP contribution in [-0.4, -0.2) is 30.7 Å². The molecule has 0 saturated carbocycles. The molecule has 1 N–H and O–H groups in total. The van der Waals surface area contributed by atoms with E-state index in [4.69, 9.17) is 14.5 Å². The number of nitrogens with zero attached hydrogens (tertiary/aromatic N) is 1. The summed E-state index contributed by atoms with van der Waals surface area (Å²) in [6.07, 6.45) is 0. The molecule has 1 heterocycles. The smallest absolute Gasteiger partial charge is 0.328 e. The van der Waals surface area contributed by atoms with Crippen molar-refractivity contribution in [1.29, 1.82) is 0 Å². The van der Waals surface area contributed by atoms with Crippen LogP contribution in [0.25, 0.3) is 22.0 Å². The summed E-state index contributed by atoms with van der Waals surface area (Å²) in [4.78, 5) is 17.8. The molecule has 6 heteroatoms. The van der Waals surface area contributed by atoms with Gasteiger partial charge in [0.2, 0.25) is 0 Å². The zero-order valence-electron chi connectivity index (χ0n) is 21.0. The van der Waals surface area contributed by atoms with Crippen LogP contribution in [0.4, 0.5) is 10.2 Å². The average molecular weight is 487 g/mol. The second kappa shape index (κ2) is 11.3. The summed E-state index contributed by atoms with van der Waals surface area (Å²) in [6.45, 7) is 6.48. The van der Waals surface area contributed by atoms with Crippen molar-refractivity contribution in [2.45, 2.75) is 39.3 Å². The van der Waals surface area contributed by atoms with Crippen molar-refractivity contribution in [3.63, 3.8) is 0 Å². The van der Waals surface area contributed by atoms with Gasteiger partial charge in [-0.15, -0.1) is 0 Å². The summed E-state index contributed by atoms with van der Waals surface area (Å²) in [5.74, 6) is -0.143. The SMILES string of the molecule is COCC(C)c1c(N[C@@H](C)C(=O)OCc2ccccc2)nc2cc(C)ccc2c1-c1ccc(F)cc1. The van der Waals surface area contributed by atoms with Gasteiger partial charge in [0.15, 0.2) is 0 Å². The number of carbonyl (C=O) groups is 1. The molecule has 0 aliphatic rings. The molecule has 186 valence electrons. The minimum Gasteiger partial charge on any atom is -0.459 e. The summed E-state index contributed by atoms with van der Waals surface area (Å²) in [6, 6.07) is 21.5. The first-order chi connectivity index (χ1) is 17.4. The predicted molar refractivity (Wildman–Crippen MR) is 141 cm³/mol. The summed E-state index contributed by atoms with van der Waals surface area (Å²) in [7, 11) is 1.66. The fourth-order valence-corrected chi connectivity index (χ4v) is 4.36. The Morgan fingerprint density at radius 2 is 1.75 bits per heavy atom. The van der Waals surface area contributed by atoms with Gasteiger partial charge >= 0.3 is 5.97 Å². The fraction of sp³-hybridized carbons (Fsp3) is 0.267. The molecule has 0 aliphatic heterocycles. The van der Waals surface area contributed by atoms with Crippen LogP contribution in [0, 0.1) is 12.7 Å². The largest absolute Gasteiger partial charge is 0.459 e. The summed E-state index contributed by atoms with van der Waals surface area (Å²) >= 11 is 0. The highest BCUT2D eigenvalue weighted by atomic mass is 19.1. The number of halogens is 1. The number of anilines is 1. The van der Waals surface area contributed by atoms with Crippen molar-refractivity contribution < 1.29 is 18.7 Å². The minimum absolute atomic E-state index is 0.0525. The molecular formula is C30H31FN2O3. The van der Waals surface area contributed by atoms with E-state index in [9.17, 15) is 9.18 Å². The Kier molecular flexibility index (Phi) is 7.96. The van der Waals surface area contributed by atoms with Gasteiger partial charge in [-0.1, -0.05) is 61.5 Å². The number of aryl methyl sites for hydroxylation is 1. The molecule has 2 atom stereocenters. The van der Waals surface area contributed by atoms with E-state index < -0.39 is 6.04 Å². The van der Waals surface area contributed by atoms with Crippen molar-refractivity contribution in [2.75, 3.05) is 19.0 Å². The summed E-state index contributed by atoms with van der Waals surface area (Å²) in [5, 5.41) is 4.26. The molecule has 4 rings (SSSR count). The van der Waals surface area contributed by atoms with Gasteiger partial charge < -0.3 is 14.8 Å². The first-order valence-electron chi connectivity index (χ1n) is 12.0. The van der Waals surface area contributed by atoms with Gasteiger partial charge in [-0.25, -0.2) is 14.2 Å². The zero-order chi connectivity index (χ0) is 25.7. The van der Waals surface area contributed by atoms with Gasteiger partial charge in [0, 0.05) is 24.0 Å². The number of benzene rings is 3. The van der Waals surface area contributed by atoms with Crippen LogP contribution >= 0.6 is 0 Å². The number of fused-ring (bicyclic) bond motifs is 1. The lowest BCUT2D eigenvalue weighted by molar-refractivity contribution is -0.145. The highest BCUT2D eigenvalue weighted by molar-refractivity contribution is 5.99. The number of pyridine rings is 1. The molecule has 5 nitrogen and oxygen atoms in total. The Morgan fingerprint density at radius 3 is 2.44 bits per heavy atom. The second-order valence-electron chi connectivity index (χ2n) is 9.09. The van der Waals surface area contributed by atoms with Gasteiger partial charge in [-0.3, -0.25) is 0 Å². The molecule has 0 radical (unpaired) electrons. The lowest BCUT2D eigenvalue weighted by atomic mass is 9.88. The molecule has 0 bridgehead atoms. The highest BCUT2D eigenvalue weighted by Gasteiger charge is 2.24. The van der Waals surface area contributed by atoms with Crippen LogP contribution in [0.2, 0.25) is 0 Å².